The van der Waals surface area contributed by atoms with Gasteiger partial charge in [0.05, 0.1) is 0 Å². The maximum Gasteiger partial charge on any atom is 0.370 e. The molecular weight excluding hydrogens is 598 g/mol. The lowest BCUT2D eigenvalue weighted by atomic mass is 9.53. The van der Waals surface area contributed by atoms with Crippen LogP contribution in [0, 0.1) is 17.3 Å². The quantitative estimate of drug-likeness (QED) is 0.106. The van der Waals surface area contributed by atoms with Crippen LogP contribution < -0.4 is 10.6 Å². The summed E-state index contributed by atoms with van der Waals surface area (Å²) in [4.78, 5) is 49.9. The number of aromatic hydroxyl groups is 1. The van der Waals surface area contributed by atoms with Gasteiger partial charge in [-0.05, 0) is 98.9 Å². The molecule has 9 N–H and O–H groups in total. The van der Waals surface area contributed by atoms with E-state index in [0.717, 1.165) is 64.2 Å². The third-order valence-corrected chi connectivity index (χ3v) is 14.3. The van der Waals surface area contributed by atoms with Gasteiger partial charge in [-0.25, -0.2) is 0 Å². The van der Waals surface area contributed by atoms with Crippen LogP contribution in [0.2, 0.25) is 0 Å². The first-order chi connectivity index (χ1) is 20.1. The lowest BCUT2D eigenvalue weighted by molar-refractivity contribution is -0.159. The van der Waals surface area contributed by atoms with Gasteiger partial charge in [0.15, 0.2) is 0 Å². The number of carbonyl (C=O) groups is 1. The highest BCUT2D eigenvalue weighted by Gasteiger charge is 2.64. The molecule has 12 nitrogen and oxygen atoms in total. The van der Waals surface area contributed by atoms with Crippen LogP contribution in [-0.2, 0) is 20.3 Å². The molecular formula is C29H48N2O10P2. The Morgan fingerprint density at radius 3 is 2.23 bits per heavy atom. The third kappa shape index (κ3) is 6.79. The van der Waals surface area contributed by atoms with Gasteiger partial charge in [0.2, 0.25) is 0 Å². The largest absolute Gasteiger partial charge is 0.508 e. The van der Waals surface area contributed by atoms with Crippen molar-refractivity contribution in [3.8, 4) is 5.75 Å². The van der Waals surface area contributed by atoms with Gasteiger partial charge >= 0.3 is 15.2 Å². The molecule has 0 aromatic heterocycles. The van der Waals surface area contributed by atoms with Gasteiger partial charge in [0.25, 0.3) is 11.0 Å². The number of hydrogen-bond acceptors (Lipinski definition) is 7. The summed E-state index contributed by atoms with van der Waals surface area (Å²) in [6.45, 7) is 1.89. The average molecular weight is 647 g/mol. The smallest absolute Gasteiger partial charge is 0.370 e. The van der Waals surface area contributed by atoms with Crippen LogP contribution in [-0.4, -0.2) is 71.1 Å². The Morgan fingerprint density at radius 2 is 1.58 bits per heavy atom. The van der Waals surface area contributed by atoms with Crippen molar-refractivity contribution < 1.29 is 48.8 Å². The number of nitrogens with one attached hydrogen (secondary N) is 2. The van der Waals surface area contributed by atoms with Gasteiger partial charge in [-0.2, -0.15) is 0 Å². The predicted octanol–water partition coefficient (Wildman–Crippen LogP) is 3.03. The molecule has 0 bridgehead atoms. The first kappa shape index (κ1) is 34.5. The Hall–Kier alpha value is -1.33. The summed E-state index contributed by atoms with van der Waals surface area (Å²) in [6, 6.07) is 5.70. The minimum Gasteiger partial charge on any atom is -0.508 e. The summed E-state index contributed by atoms with van der Waals surface area (Å²) in [6.07, 6.45) is 9.73. The van der Waals surface area contributed by atoms with E-state index in [1.807, 2.05) is 6.07 Å². The second-order valence-corrected chi connectivity index (χ2v) is 17.1. The molecule has 3 aliphatic carbocycles. The summed E-state index contributed by atoms with van der Waals surface area (Å²) in [5.41, 5.74) is 0.699. The minimum absolute atomic E-state index is 0.231. The van der Waals surface area contributed by atoms with Crippen LogP contribution in [0.25, 0.3) is 0 Å². The van der Waals surface area contributed by atoms with E-state index in [1.165, 1.54) is 11.1 Å². The fraction of sp³-hybridized carbons (Fsp3) is 0.759. The number of phenolic OH excluding ortho intramolecular Hbond substituents is 1. The Kier molecular flexibility index (Phi) is 10.6. The first-order valence-electron chi connectivity index (χ1n) is 15.4. The van der Waals surface area contributed by atoms with Gasteiger partial charge in [-0.1, -0.05) is 38.7 Å². The number of aryl methyl sites for hydroxylation is 1. The molecule has 2 saturated carbocycles. The topological polar surface area (TPSA) is 217 Å². The molecule has 1 aromatic carbocycles. The molecule has 244 valence electrons. The van der Waals surface area contributed by atoms with E-state index >= 15 is 0 Å². The van der Waals surface area contributed by atoms with Crippen molar-refractivity contribution in [2.24, 2.45) is 17.3 Å². The van der Waals surface area contributed by atoms with Crippen LogP contribution in [0.15, 0.2) is 18.2 Å². The van der Waals surface area contributed by atoms with E-state index in [1.54, 1.807) is 6.07 Å². The number of carbonyl (C=O) groups excluding carboxylic acids is 1. The third-order valence-electron chi connectivity index (χ3n) is 10.6. The summed E-state index contributed by atoms with van der Waals surface area (Å²) in [5, 5.41) is 33.6. The van der Waals surface area contributed by atoms with Gasteiger partial charge in [0.1, 0.15) is 11.4 Å². The summed E-state index contributed by atoms with van der Waals surface area (Å²) < 4.78 is 22.7. The zero-order valence-corrected chi connectivity index (χ0v) is 26.6. The van der Waals surface area contributed by atoms with Crippen LogP contribution >= 0.6 is 15.2 Å². The second kappa shape index (κ2) is 13.2. The van der Waals surface area contributed by atoms with E-state index in [4.69, 9.17) is 19.6 Å². The number of unbranched alkanes of at least 4 members (excludes halogenated alkanes) is 5. The van der Waals surface area contributed by atoms with Crippen molar-refractivity contribution in [1.29, 1.82) is 0 Å². The number of aliphatic hydroxyl groups is 2. The summed E-state index contributed by atoms with van der Waals surface area (Å²) in [7, 11) is -10.9. The molecule has 43 heavy (non-hydrogen) atoms. The summed E-state index contributed by atoms with van der Waals surface area (Å²) >= 11 is 0. The van der Waals surface area contributed by atoms with Gasteiger partial charge in [-0.3, -0.25) is 13.9 Å². The summed E-state index contributed by atoms with van der Waals surface area (Å²) in [5.74, 6) is 1.15. The number of hydrogen-bond donors (Lipinski definition) is 9. The van der Waals surface area contributed by atoms with E-state index in [9.17, 15) is 29.2 Å². The normalized spacial score (nSPS) is 29.0. The van der Waals surface area contributed by atoms with Crippen molar-refractivity contribution in [2.45, 2.75) is 101 Å². The monoisotopic (exact) mass is 646 g/mol. The Morgan fingerprint density at radius 1 is 0.953 bits per heavy atom. The highest BCUT2D eigenvalue weighted by Crippen LogP contribution is 2.67. The van der Waals surface area contributed by atoms with E-state index in [2.05, 4.69) is 23.6 Å². The Bertz CT molecular complexity index is 1230. The molecule has 0 aliphatic heterocycles. The van der Waals surface area contributed by atoms with Crippen molar-refractivity contribution in [3.05, 3.63) is 29.3 Å². The lowest BCUT2D eigenvalue weighted by Gasteiger charge is -2.52. The Labute approximate surface area is 253 Å². The molecule has 1 aromatic rings. The standard InChI is InChI=1S/C29H48N2O10P2/c1-27-14-12-23-22-11-9-21(32)18-20(22)8-10-24(23)25(27)13-15-28(27,34)26(33)31-17-7-5-3-2-4-6-16-30-19-29(35,42(36,37)38)43(39,40)41/h9,11,18,23-25,30,32,34-35H,2-8,10,12-17,19H2,1H3,(H,31,33)(H2,36,37,38)(H2,39,40,41)/t23?,24?,25?,27-,28-/m0/s1. The molecule has 1 amide bonds. The number of amides is 1. The molecule has 3 aliphatic rings. The molecule has 4 rings (SSSR count). The zero-order valence-electron chi connectivity index (χ0n) is 24.8. The Balaban J connectivity index is 1.14. The molecule has 0 radical (unpaired) electrons. The van der Waals surface area contributed by atoms with Gasteiger partial charge < -0.3 is 45.5 Å². The first-order valence-corrected chi connectivity index (χ1v) is 18.6. The number of fused-ring (bicyclic) bond motifs is 5. The van der Waals surface area contributed by atoms with Crippen LogP contribution in [0.3, 0.4) is 0 Å². The van der Waals surface area contributed by atoms with Crippen LogP contribution in [0.1, 0.15) is 94.6 Å². The number of benzene rings is 1. The second-order valence-electron chi connectivity index (χ2n) is 13.1. The number of rotatable bonds is 14. The minimum atomic E-state index is -5.46. The highest BCUT2D eigenvalue weighted by atomic mass is 31.2. The van der Waals surface area contributed by atoms with E-state index in [-0.39, 0.29) is 18.4 Å². The zero-order chi connectivity index (χ0) is 31.7. The van der Waals surface area contributed by atoms with Crippen molar-refractivity contribution in [2.75, 3.05) is 19.6 Å². The highest BCUT2D eigenvalue weighted by molar-refractivity contribution is 7.72. The van der Waals surface area contributed by atoms with Crippen LogP contribution in [0.5, 0.6) is 5.75 Å². The fourth-order valence-corrected chi connectivity index (χ4v) is 10.0. The maximum absolute atomic E-state index is 13.3. The lowest BCUT2D eigenvalue weighted by Crippen LogP contribution is -2.58. The number of phenols is 1. The molecule has 0 heterocycles. The van der Waals surface area contributed by atoms with Crippen molar-refractivity contribution in [1.82, 2.24) is 10.6 Å². The maximum atomic E-state index is 13.3. The molecule has 2 fully saturated rings. The van der Waals surface area contributed by atoms with E-state index in [0.29, 0.717) is 37.0 Å². The molecule has 5 atom stereocenters. The van der Waals surface area contributed by atoms with Gasteiger partial charge in [0, 0.05) is 18.5 Å². The average Bonchev–Trinajstić information content (AvgIpc) is 3.21. The van der Waals surface area contributed by atoms with Crippen LogP contribution in [0.4, 0.5) is 0 Å². The predicted molar refractivity (Wildman–Crippen MR) is 160 cm³/mol. The van der Waals surface area contributed by atoms with Crippen molar-refractivity contribution >= 4 is 21.1 Å². The van der Waals surface area contributed by atoms with Gasteiger partial charge in [-0.15, -0.1) is 0 Å². The fourth-order valence-electron chi connectivity index (χ4n) is 8.02. The molecule has 0 saturated heterocycles. The molecule has 0 spiro atoms. The molecule has 3 unspecified atom stereocenters. The molecule has 14 heteroatoms. The SMILES string of the molecule is C[C@]12CCC3c4ccc(O)cc4CCC3C1CC[C@]2(O)C(=O)NCCCCCCCCNCC(O)(P(=O)(O)O)P(=O)(O)O. The van der Waals surface area contributed by atoms with Crippen molar-refractivity contribution in [3.63, 3.8) is 0 Å². The van der Waals surface area contributed by atoms with E-state index < -0.39 is 37.8 Å².